The first-order valence-corrected chi connectivity index (χ1v) is 7.84. The van der Waals surface area contributed by atoms with Gasteiger partial charge in [0, 0.05) is 11.1 Å². The van der Waals surface area contributed by atoms with Crippen LogP contribution in [-0.4, -0.2) is 5.78 Å². The molecule has 0 saturated carbocycles. The second-order valence-corrected chi connectivity index (χ2v) is 5.46. The highest BCUT2D eigenvalue weighted by molar-refractivity contribution is 6.08. The lowest BCUT2D eigenvalue weighted by molar-refractivity contribution is 0.103. The van der Waals surface area contributed by atoms with Gasteiger partial charge in [0.25, 0.3) is 0 Å². The number of ketones is 1. The largest absolute Gasteiger partial charge is 0.457 e. The van der Waals surface area contributed by atoms with E-state index in [-0.39, 0.29) is 5.78 Å². The zero-order chi connectivity index (χ0) is 16.8. The molecule has 3 aromatic rings. The molecule has 0 saturated heterocycles. The van der Waals surface area contributed by atoms with E-state index in [0.717, 1.165) is 12.2 Å². The first-order valence-electron chi connectivity index (χ1n) is 7.84. The molecule has 2 nitrogen and oxygen atoms in total. The minimum Gasteiger partial charge on any atom is -0.457 e. The van der Waals surface area contributed by atoms with E-state index in [1.807, 2.05) is 72.8 Å². The first kappa shape index (κ1) is 15.8. The number of hydrogen-bond acceptors (Lipinski definition) is 2. The molecular weight excluding hydrogens is 296 g/mol. The van der Waals surface area contributed by atoms with Crippen LogP contribution in [0.2, 0.25) is 0 Å². The summed E-state index contributed by atoms with van der Waals surface area (Å²) >= 11 is 0. The maximum absolute atomic E-state index is 12.4. The second-order valence-electron chi connectivity index (χ2n) is 5.46. The van der Waals surface area contributed by atoms with Crippen LogP contribution in [0.15, 0.2) is 91.5 Å². The van der Waals surface area contributed by atoms with Crippen LogP contribution in [0.3, 0.4) is 0 Å². The van der Waals surface area contributed by atoms with Gasteiger partial charge in [-0.3, -0.25) is 4.79 Å². The van der Waals surface area contributed by atoms with Gasteiger partial charge in [-0.05, 0) is 48.4 Å². The lowest BCUT2D eigenvalue weighted by atomic mass is 10.0. The average molecular weight is 314 g/mol. The maximum Gasteiger partial charge on any atom is 0.193 e. The number of rotatable bonds is 6. The number of benzene rings is 3. The summed E-state index contributed by atoms with van der Waals surface area (Å²) in [5.41, 5.74) is 2.53. The third-order valence-corrected chi connectivity index (χ3v) is 3.69. The number of allylic oxidation sites excluding steroid dienone is 1. The molecule has 2 heteroatoms. The fourth-order valence-corrected chi connectivity index (χ4v) is 2.43. The molecule has 0 N–H and O–H groups in total. The summed E-state index contributed by atoms with van der Waals surface area (Å²) in [7, 11) is 0. The first-order chi connectivity index (χ1) is 11.8. The van der Waals surface area contributed by atoms with E-state index in [2.05, 4.69) is 6.58 Å². The Labute approximate surface area is 142 Å². The minimum absolute atomic E-state index is 0.0101. The topological polar surface area (TPSA) is 26.3 Å². The fourth-order valence-electron chi connectivity index (χ4n) is 2.43. The minimum atomic E-state index is 0.0101. The van der Waals surface area contributed by atoms with Crippen LogP contribution >= 0.6 is 0 Å². The highest BCUT2D eigenvalue weighted by Gasteiger charge is 2.08. The summed E-state index contributed by atoms with van der Waals surface area (Å²) in [4.78, 5) is 12.4. The molecule has 0 aliphatic heterocycles. The Morgan fingerprint density at radius 3 is 1.92 bits per heavy atom. The van der Waals surface area contributed by atoms with Crippen LogP contribution in [0, 0.1) is 0 Å². The molecule has 0 aliphatic rings. The molecule has 0 radical (unpaired) electrons. The van der Waals surface area contributed by atoms with E-state index in [9.17, 15) is 4.79 Å². The highest BCUT2D eigenvalue weighted by Crippen LogP contribution is 2.23. The van der Waals surface area contributed by atoms with E-state index in [4.69, 9.17) is 4.74 Å². The Hall–Kier alpha value is -3.13. The number of carbonyl (C=O) groups excluding carboxylic acids is 1. The van der Waals surface area contributed by atoms with Crippen molar-refractivity contribution >= 4 is 5.78 Å². The smallest absolute Gasteiger partial charge is 0.193 e. The van der Waals surface area contributed by atoms with Crippen molar-refractivity contribution in [3.05, 3.63) is 108 Å². The van der Waals surface area contributed by atoms with Gasteiger partial charge < -0.3 is 4.74 Å². The molecule has 3 aromatic carbocycles. The Morgan fingerprint density at radius 1 is 0.792 bits per heavy atom. The van der Waals surface area contributed by atoms with Crippen molar-refractivity contribution in [2.75, 3.05) is 0 Å². The van der Waals surface area contributed by atoms with Crippen LogP contribution in [0.4, 0.5) is 0 Å². The van der Waals surface area contributed by atoms with E-state index < -0.39 is 0 Å². The second kappa shape index (κ2) is 7.42. The third kappa shape index (κ3) is 3.79. The molecule has 0 spiro atoms. The molecule has 0 fully saturated rings. The Morgan fingerprint density at radius 2 is 1.33 bits per heavy atom. The highest BCUT2D eigenvalue weighted by atomic mass is 16.5. The number of hydrogen-bond donors (Lipinski definition) is 0. The van der Waals surface area contributed by atoms with Crippen molar-refractivity contribution in [2.24, 2.45) is 0 Å². The molecule has 24 heavy (non-hydrogen) atoms. The maximum atomic E-state index is 12.4. The van der Waals surface area contributed by atoms with Crippen LogP contribution < -0.4 is 4.74 Å². The summed E-state index contributed by atoms with van der Waals surface area (Å²) in [6.07, 6.45) is 2.72. The Balaban J connectivity index is 1.70. The van der Waals surface area contributed by atoms with E-state index in [1.54, 1.807) is 12.1 Å². The quantitative estimate of drug-likeness (QED) is 0.447. The molecule has 0 aliphatic carbocycles. The van der Waals surface area contributed by atoms with Crippen LogP contribution in [0.25, 0.3) is 0 Å². The summed E-state index contributed by atoms with van der Waals surface area (Å²) < 4.78 is 5.81. The number of ether oxygens (including phenoxy) is 1. The van der Waals surface area contributed by atoms with Gasteiger partial charge in [0.2, 0.25) is 0 Å². The van der Waals surface area contributed by atoms with Crippen LogP contribution in [-0.2, 0) is 6.42 Å². The normalized spacial score (nSPS) is 10.2. The SMILES string of the molecule is C=CCc1ccc(Oc2ccc(C(=O)c3ccccc3)cc2)cc1. The monoisotopic (exact) mass is 314 g/mol. The van der Waals surface area contributed by atoms with Gasteiger partial charge in [0.1, 0.15) is 11.5 Å². The average Bonchev–Trinajstić information content (AvgIpc) is 2.64. The van der Waals surface area contributed by atoms with Gasteiger partial charge >= 0.3 is 0 Å². The molecule has 0 bridgehead atoms. The molecule has 0 heterocycles. The molecule has 0 amide bonds. The van der Waals surface area contributed by atoms with Crippen molar-refractivity contribution in [2.45, 2.75) is 6.42 Å². The lowest BCUT2D eigenvalue weighted by Crippen LogP contribution is -2.00. The molecule has 3 rings (SSSR count). The predicted octanol–water partition coefficient (Wildman–Crippen LogP) is 5.44. The standard InChI is InChI=1S/C22H18O2/c1-2-6-17-9-13-20(14-10-17)24-21-15-11-19(12-16-21)22(23)18-7-4-3-5-8-18/h2-5,7-16H,1,6H2. The molecule has 0 unspecified atom stereocenters. The summed E-state index contributed by atoms with van der Waals surface area (Å²) in [5.74, 6) is 1.48. The summed E-state index contributed by atoms with van der Waals surface area (Å²) in [6.45, 7) is 3.73. The van der Waals surface area contributed by atoms with Crippen molar-refractivity contribution in [1.29, 1.82) is 0 Å². The van der Waals surface area contributed by atoms with E-state index in [0.29, 0.717) is 16.9 Å². The summed E-state index contributed by atoms with van der Waals surface area (Å²) in [5, 5.41) is 0. The zero-order valence-electron chi connectivity index (χ0n) is 13.3. The molecule has 0 aromatic heterocycles. The molecule has 0 atom stereocenters. The van der Waals surface area contributed by atoms with Gasteiger partial charge in [0.05, 0.1) is 0 Å². The van der Waals surface area contributed by atoms with E-state index >= 15 is 0 Å². The van der Waals surface area contributed by atoms with Crippen molar-refractivity contribution in [3.8, 4) is 11.5 Å². The summed E-state index contributed by atoms with van der Waals surface area (Å²) in [6, 6.07) is 24.4. The van der Waals surface area contributed by atoms with Crippen molar-refractivity contribution in [1.82, 2.24) is 0 Å². The van der Waals surface area contributed by atoms with Gasteiger partial charge in [-0.15, -0.1) is 6.58 Å². The third-order valence-electron chi connectivity index (χ3n) is 3.69. The van der Waals surface area contributed by atoms with Crippen LogP contribution in [0.5, 0.6) is 11.5 Å². The van der Waals surface area contributed by atoms with E-state index in [1.165, 1.54) is 5.56 Å². The van der Waals surface area contributed by atoms with Gasteiger partial charge in [-0.25, -0.2) is 0 Å². The van der Waals surface area contributed by atoms with Gasteiger partial charge in [0.15, 0.2) is 5.78 Å². The Kier molecular flexibility index (Phi) is 4.87. The van der Waals surface area contributed by atoms with Crippen LogP contribution in [0.1, 0.15) is 21.5 Å². The van der Waals surface area contributed by atoms with Gasteiger partial charge in [-0.1, -0.05) is 48.5 Å². The van der Waals surface area contributed by atoms with Crippen molar-refractivity contribution < 1.29 is 9.53 Å². The number of carbonyl (C=O) groups is 1. The van der Waals surface area contributed by atoms with Crippen molar-refractivity contribution in [3.63, 3.8) is 0 Å². The molecule has 118 valence electrons. The predicted molar refractivity (Wildman–Crippen MR) is 96.7 cm³/mol. The van der Waals surface area contributed by atoms with Gasteiger partial charge in [-0.2, -0.15) is 0 Å². The Bertz CT molecular complexity index is 816. The fraction of sp³-hybridized carbons (Fsp3) is 0.0455. The lowest BCUT2D eigenvalue weighted by Gasteiger charge is -2.07. The zero-order valence-corrected chi connectivity index (χ0v) is 13.3. The molecular formula is C22H18O2.